The largest absolute Gasteiger partial charge is 0.373 e. The fraction of sp³-hybridized carbons (Fsp3) is 0.455. The van der Waals surface area contributed by atoms with E-state index >= 15 is 0 Å². The summed E-state index contributed by atoms with van der Waals surface area (Å²) in [5.74, 6) is -0.206. The molecule has 0 aromatic heterocycles. The summed E-state index contributed by atoms with van der Waals surface area (Å²) in [6, 6.07) is 6.52. The van der Waals surface area contributed by atoms with E-state index in [0.717, 1.165) is 18.8 Å². The van der Waals surface area contributed by atoms with Crippen LogP contribution in [-0.4, -0.2) is 32.3 Å². The molecule has 1 fully saturated rings. The molecule has 0 saturated carbocycles. The second-order valence-corrected chi connectivity index (χ2v) is 3.65. The lowest BCUT2D eigenvalue weighted by molar-refractivity contribution is 0.0466. The van der Waals surface area contributed by atoms with Gasteiger partial charge >= 0.3 is 0 Å². The van der Waals surface area contributed by atoms with Crippen molar-refractivity contribution >= 4 is 5.69 Å². The van der Waals surface area contributed by atoms with E-state index in [1.807, 2.05) is 0 Å². The number of anilines is 1. The third-order valence-corrected chi connectivity index (χ3v) is 2.59. The summed E-state index contributed by atoms with van der Waals surface area (Å²) in [7, 11) is 0. The van der Waals surface area contributed by atoms with E-state index in [0.29, 0.717) is 13.2 Å². The molecular weight excluding hydrogens is 195 g/mol. The molecule has 2 rings (SSSR count). The molecule has 0 aliphatic carbocycles. The standard InChI is InChI=1S/C11H15FN2O/c12-9-1-3-10(4-2-9)14-5-6-15-11(7-13)8-14/h1-4,11H,5-8,13H2. The molecule has 1 saturated heterocycles. The van der Waals surface area contributed by atoms with Gasteiger partial charge in [0.15, 0.2) is 0 Å². The second-order valence-electron chi connectivity index (χ2n) is 3.65. The summed E-state index contributed by atoms with van der Waals surface area (Å²) < 4.78 is 18.2. The number of benzene rings is 1. The third kappa shape index (κ3) is 2.46. The molecule has 15 heavy (non-hydrogen) atoms. The lowest BCUT2D eigenvalue weighted by Crippen LogP contribution is -2.45. The average Bonchev–Trinajstić information content (AvgIpc) is 2.30. The van der Waals surface area contributed by atoms with Crippen LogP contribution in [0.1, 0.15) is 0 Å². The van der Waals surface area contributed by atoms with Crippen LogP contribution in [0.2, 0.25) is 0 Å². The lowest BCUT2D eigenvalue weighted by atomic mass is 10.2. The molecule has 0 bridgehead atoms. The van der Waals surface area contributed by atoms with E-state index in [1.54, 1.807) is 12.1 Å². The molecule has 1 aliphatic heterocycles. The Hall–Kier alpha value is -1.13. The predicted molar refractivity (Wildman–Crippen MR) is 57.4 cm³/mol. The van der Waals surface area contributed by atoms with Crippen LogP contribution in [0.15, 0.2) is 24.3 Å². The first-order valence-corrected chi connectivity index (χ1v) is 5.12. The first-order chi connectivity index (χ1) is 7.29. The minimum absolute atomic E-state index is 0.0869. The molecule has 0 amide bonds. The van der Waals surface area contributed by atoms with E-state index in [-0.39, 0.29) is 11.9 Å². The van der Waals surface area contributed by atoms with Crippen LogP contribution in [0.4, 0.5) is 10.1 Å². The fourth-order valence-corrected chi connectivity index (χ4v) is 1.75. The van der Waals surface area contributed by atoms with Gasteiger partial charge in [0, 0.05) is 25.3 Å². The summed E-state index contributed by atoms with van der Waals surface area (Å²) in [5, 5.41) is 0. The van der Waals surface area contributed by atoms with Gasteiger partial charge in [-0.25, -0.2) is 4.39 Å². The molecule has 1 unspecified atom stereocenters. The van der Waals surface area contributed by atoms with Crippen LogP contribution in [0.3, 0.4) is 0 Å². The number of nitrogens with zero attached hydrogens (tertiary/aromatic N) is 1. The summed E-state index contributed by atoms with van der Waals surface area (Å²) in [6.45, 7) is 2.82. The Bertz CT molecular complexity index is 315. The van der Waals surface area contributed by atoms with Gasteiger partial charge in [-0.05, 0) is 24.3 Å². The molecule has 82 valence electrons. The van der Waals surface area contributed by atoms with E-state index in [9.17, 15) is 4.39 Å². The Kier molecular flexibility index (Phi) is 3.18. The Morgan fingerprint density at radius 1 is 1.40 bits per heavy atom. The van der Waals surface area contributed by atoms with Crippen molar-refractivity contribution in [2.45, 2.75) is 6.10 Å². The number of halogens is 1. The van der Waals surface area contributed by atoms with E-state index < -0.39 is 0 Å². The summed E-state index contributed by atoms with van der Waals surface area (Å²) in [6.07, 6.45) is 0.0869. The van der Waals surface area contributed by atoms with E-state index in [1.165, 1.54) is 12.1 Å². The van der Waals surface area contributed by atoms with Crippen molar-refractivity contribution in [1.29, 1.82) is 0 Å². The van der Waals surface area contributed by atoms with E-state index in [4.69, 9.17) is 10.5 Å². The minimum Gasteiger partial charge on any atom is -0.373 e. The first kappa shape index (κ1) is 10.4. The van der Waals surface area contributed by atoms with Crippen LogP contribution in [0.25, 0.3) is 0 Å². The minimum atomic E-state index is -0.206. The zero-order valence-electron chi connectivity index (χ0n) is 8.53. The highest BCUT2D eigenvalue weighted by Gasteiger charge is 2.19. The molecule has 2 N–H and O–H groups in total. The highest BCUT2D eigenvalue weighted by molar-refractivity contribution is 5.46. The lowest BCUT2D eigenvalue weighted by Gasteiger charge is -2.34. The van der Waals surface area contributed by atoms with Gasteiger partial charge < -0.3 is 15.4 Å². The summed E-state index contributed by atoms with van der Waals surface area (Å²) in [4.78, 5) is 2.17. The van der Waals surface area contributed by atoms with Gasteiger partial charge in [0.1, 0.15) is 5.82 Å². The maximum absolute atomic E-state index is 12.7. The number of hydrogen-bond acceptors (Lipinski definition) is 3. The Morgan fingerprint density at radius 2 is 2.13 bits per heavy atom. The zero-order valence-corrected chi connectivity index (χ0v) is 8.53. The van der Waals surface area contributed by atoms with Gasteiger partial charge in [-0.2, -0.15) is 0 Å². The van der Waals surface area contributed by atoms with Crippen LogP contribution in [-0.2, 0) is 4.74 Å². The summed E-state index contributed by atoms with van der Waals surface area (Å²) in [5.41, 5.74) is 6.58. The number of nitrogens with two attached hydrogens (primary N) is 1. The Morgan fingerprint density at radius 3 is 2.80 bits per heavy atom. The van der Waals surface area contributed by atoms with Crippen molar-refractivity contribution in [2.75, 3.05) is 31.1 Å². The fourth-order valence-electron chi connectivity index (χ4n) is 1.75. The van der Waals surface area contributed by atoms with Crippen LogP contribution in [0.5, 0.6) is 0 Å². The predicted octanol–water partition coefficient (Wildman–Crippen LogP) is 0.990. The van der Waals surface area contributed by atoms with Gasteiger partial charge in [0.25, 0.3) is 0 Å². The van der Waals surface area contributed by atoms with Crippen LogP contribution in [0, 0.1) is 5.82 Å². The van der Waals surface area contributed by atoms with Crippen molar-refractivity contribution in [3.63, 3.8) is 0 Å². The molecule has 1 atom stereocenters. The number of morpholine rings is 1. The molecule has 0 spiro atoms. The quantitative estimate of drug-likeness (QED) is 0.791. The van der Waals surface area contributed by atoms with Gasteiger partial charge in [0.05, 0.1) is 12.7 Å². The van der Waals surface area contributed by atoms with Crippen LogP contribution >= 0.6 is 0 Å². The second kappa shape index (κ2) is 4.59. The number of hydrogen-bond donors (Lipinski definition) is 1. The van der Waals surface area contributed by atoms with Crippen molar-refractivity contribution < 1.29 is 9.13 Å². The van der Waals surface area contributed by atoms with Gasteiger partial charge in [-0.1, -0.05) is 0 Å². The maximum Gasteiger partial charge on any atom is 0.123 e. The zero-order chi connectivity index (χ0) is 10.7. The molecule has 4 heteroatoms. The Labute approximate surface area is 88.6 Å². The third-order valence-electron chi connectivity index (χ3n) is 2.59. The maximum atomic E-state index is 12.7. The topological polar surface area (TPSA) is 38.5 Å². The normalized spacial score (nSPS) is 21.7. The molecule has 1 aromatic carbocycles. The highest BCUT2D eigenvalue weighted by Crippen LogP contribution is 2.17. The van der Waals surface area contributed by atoms with Gasteiger partial charge in [0.2, 0.25) is 0 Å². The highest BCUT2D eigenvalue weighted by atomic mass is 19.1. The molecule has 0 radical (unpaired) electrons. The first-order valence-electron chi connectivity index (χ1n) is 5.12. The number of ether oxygens (including phenoxy) is 1. The van der Waals surface area contributed by atoms with E-state index in [2.05, 4.69) is 4.90 Å². The molecule has 1 heterocycles. The van der Waals surface area contributed by atoms with Crippen molar-refractivity contribution in [3.8, 4) is 0 Å². The molecular formula is C11H15FN2O. The van der Waals surface area contributed by atoms with Gasteiger partial charge in [-0.3, -0.25) is 0 Å². The SMILES string of the molecule is NCC1CN(c2ccc(F)cc2)CCO1. The van der Waals surface area contributed by atoms with Crippen molar-refractivity contribution in [2.24, 2.45) is 5.73 Å². The number of rotatable bonds is 2. The van der Waals surface area contributed by atoms with Crippen LogP contribution < -0.4 is 10.6 Å². The van der Waals surface area contributed by atoms with Crippen molar-refractivity contribution in [1.82, 2.24) is 0 Å². The van der Waals surface area contributed by atoms with Crippen molar-refractivity contribution in [3.05, 3.63) is 30.1 Å². The smallest absolute Gasteiger partial charge is 0.123 e. The van der Waals surface area contributed by atoms with Gasteiger partial charge in [-0.15, -0.1) is 0 Å². The molecule has 3 nitrogen and oxygen atoms in total. The molecule has 1 aliphatic rings. The molecule has 1 aromatic rings. The Balaban J connectivity index is 2.06. The average molecular weight is 210 g/mol. The monoisotopic (exact) mass is 210 g/mol. The summed E-state index contributed by atoms with van der Waals surface area (Å²) >= 11 is 0.